The fraction of sp³-hybridized carbons (Fsp3) is 0.529. The average molecular weight is 374 g/mol. The van der Waals surface area contributed by atoms with Gasteiger partial charge in [0.25, 0.3) is 5.91 Å². The number of carbonyl (C=O) groups excluding carboxylic acids is 1. The second-order valence-corrected chi connectivity index (χ2v) is 7.72. The predicted molar refractivity (Wildman–Crippen MR) is 98.6 cm³/mol. The van der Waals surface area contributed by atoms with E-state index in [0.717, 1.165) is 49.9 Å². The second-order valence-electron chi connectivity index (χ2n) is 6.61. The smallest absolute Gasteiger partial charge is 0.251 e. The number of hydrogen-bond donors (Lipinski definition) is 1. The zero-order valence-electron chi connectivity index (χ0n) is 14.5. The minimum absolute atomic E-state index is 0.0392. The van der Waals surface area contributed by atoms with Crippen LogP contribution in [0.2, 0.25) is 0 Å². The van der Waals surface area contributed by atoms with Gasteiger partial charge in [0.1, 0.15) is 6.33 Å². The highest BCUT2D eigenvalue weighted by Crippen LogP contribution is 2.33. The minimum Gasteiger partial charge on any atom is -0.379 e. The number of carbonyl (C=O) groups is 1. The van der Waals surface area contributed by atoms with Gasteiger partial charge >= 0.3 is 0 Å². The molecule has 1 amide bonds. The van der Waals surface area contributed by atoms with Crippen LogP contribution >= 0.6 is 11.8 Å². The molecule has 0 radical (unpaired) electrons. The van der Waals surface area contributed by atoms with Gasteiger partial charge in [0.2, 0.25) is 0 Å². The summed E-state index contributed by atoms with van der Waals surface area (Å²) >= 11 is 1.96. The number of rotatable bonds is 5. The van der Waals surface area contributed by atoms with Crippen molar-refractivity contribution in [3.63, 3.8) is 0 Å². The van der Waals surface area contributed by atoms with Gasteiger partial charge in [-0.3, -0.25) is 9.69 Å². The largest absolute Gasteiger partial charge is 0.379 e. The van der Waals surface area contributed by atoms with Gasteiger partial charge in [0.05, 0.1) is 18.9 Å². The molecular formula is C17H22N6O2S. The van der Waals surface area contributed by atoms with E-state index >= 15 is 0 Å². The Bertz CT molecular complexity index is 741. The van der Waals surface area contributed by atoms with Crippen molar-refractivity contribution in [3.05, 3.63) is 36.2 Å². The first kappa shape index (κ1) is 17.4. The third-order valence-electron chi connectivity index (χ3n) is 5.06. The topological polar surface area (TPSA) is 85.2 Å². The van der Waals surface area contributed by atoms with E-state index < -0.39 is 0 Å². The monoisotopic (exact) mass is 374 g/mol. The maximum absolute atomic E-state index is 12.7. The number of thioether (sulfide) groups is 1. The van der Waals surface area contributed by atoms with Crippen LogP contribution < -0.4 is 5.32 Å². The molecule has 8 nitrogen and oxygen atoms in total. The Hall–Kier alpha value is -1.97. The lowest BCUT2D eigenvalue weighted by Gasteiger charge is -2.43. The van der Waals surface area contributed by atoms with E-state index in [0.29, 0.717) is 12.1 Å². The highest BCUT2D eigenvalue weighted by atomic mass is 32.2. The van der Waals surface area contributed by atoms with Crippen molar-refractivity contribution in [2.75, 3.05) is 44.4 Å². The van der Waals surface area contributed by atoms with Crippen molar-refractivity contribution in [3.8, 4) is 5.69 Å². The number of aromatic nitrogens is 4. The van der Waals surface area contributed by atoms with Gasteiger partial charge in [0, 0.05) is 36.5 Å². The first-order valence-corrected chi connectivity index (χ1v) is 9.95. The zero-order valence-corrected chi connectivity index (χ0v) is 15.3. The minimum atomic E-state index is -0.0653. The summed E-state index contributed by atoms with van der Waals surface area (Å²) in [6, 6.07) is 7.33. The SMILES string of the molecule is O=C(NCC1(N2CCOCC2)CCSC1)c1cccc(-n2cnnn2)c1. The molecule has 1 unspecified atom stereocenters. The molecule has 2 fully saturated rings. The molecule has 9 heteroatoms. The summed E-state index contributed by atoms with van der Waals surface area (Å²) in [5, 5.41) is 14.3. The normalized spacial score (nSPS) is 23.8. The molecule has 138 valence electrons. The Morgan fingerprint density at radius 3 is 2.96 bits per heavy atom. The maximum atomic E-state index is 12.7. The van der Waals surface area contributed by atoms with Gasteiger partial charge in [-0.25, -0.2) is 4.68 Å². The van der Waals surface area contributed by atoms with Crippen LogP contribution in [0.5, 0.6) is 0 Å². The molecule has 0 saturated carbocycles. The number of benzene rings is 1. The average Bonchev–Trinajstić information content (AvgIpc) is 3.40. The van der Waals surface area contributed by atoms with Crippen molar-refractivity contribution >= 4 is 17.7 Å². The van der Waals surface area contributed by atoms with Gasteiger partial charge < -0.3 is 10.1 Å². The van der Waals surface area contributed by atoms with Crippen LogP contribution in [0.15, 0.2) is 30.6 Å². The van der Waals surface area contributed by atoms with Crippen molar-refractivity contribution in [1.82, 2.24) is 30.4 Å². The van der Waals surface area contributed by atoms with Crippen molar-refractivity contribution in [2.45, 2.75) is 12.0 Å². The molecule has 1 N–H and O–H groups in total. The molecule has 0 bridgehead atoms. The Balaban J connectivity index is 1.45. The molecule has 1 aromatic heterocycles. The molecule has 0 aliphatic carbocycles. The molecule has 1 atom stereocenters. The van der Waals surface area contributed by atoms with E-state index in [1.54, 1.807) is 10.7 Å². The third kappa shape index (κ3) is 3.60. The lowest BCUT2D eigenvalue weighted by molar-refractivity contribution is -0.0129. The Labute approximate surface area is 156 Å². The van der Waals surface area contributed by atoms with Crippen LogP contribution in [0.25, 0.3) is 5.69 Å². The lowest BCUT2D eigenvalue weighted by Crippen LogP contribution is -2.59. The van der Waals surface area contributed by atoms with Crippen LogP contribution in [0.3, 0.4) is 0 Å². The van der Waals surface area contributed by atoms with E-state index in [1.165, 1.54) is 6.33 Å². The fourth-order valence-electron chi connectivity index (χ4n) is 3.55. The zero-order chi connectivity index (χ0) is 17.8. The Kier molecular flexibility index (Phi) is 5.18. The first-order valence-electron chi connectivity index (χ1n) is 8.79. The number of nitrogens with zero attached hydrogens (tertiary/aromatic N) is 5. The van der Waals surface area contributed by atoms with E-state index in [4.69, 9.17) is 4.74 Å². The summed E-state index contributed by atoms with van der Waals surface area (Å²) in [5.74, 6) is 2.13. The molecule has 2 aliphatic heterocycles. The van der Waals surface area contributed by atoms with Crippen LogP contribution in [-0.4, -0.2) is 80.9 Å². The van der Waals surface area contributed by atoms with Crippen LogP contribution in [0.4, 0.5) is 0 Å². The summed E-state index contributed by atoms with van der Waals surface area (Å²) < 4.78 is 7.03. The maximum Gasteiger partial charge on any atom is 0.251 e. The number of nitrogens with one attached hydrogen (secondary N) is 1. The van der Waals surface area contributed by atoms with Gasteiger partial charge in [-0.2, -0.15) is 11.8 Å². The van der Waals surface area contributed by atoms with Crippen LogP contribution in [0.1, 0.15) is 16.8 Å². The van der Waals surface area contributed by atoms with E-state index in [1.807, 2.05) is 30.0 Å². The van der Waals surface area contributed by atoms with Crippen LogP contribution in [0, 0.1) is 0 Å². The first-order chi connectivity index (χ1) is 12.8. The van der Waals surface area contributed by atoms with Gasteiger partial charge in [-0.1, -0.05) is 6.07 Å². The Morgan fingerprint density at radius 2 is 2.23 bits per heavy atom. The van der Waals surface area contributed by atoms with Crippen molar-refractivity contribution < 1.29 is 9.53 Å². The molecule has 26 heavy (non-hydrogen) atoms. The number of hydrogen-bond acceptors (Lipinski definition) is 7. The quantitative estimate of drug-likeness (QED) is 0.820. The van der Waals surface area contributed by atoms with E-state index in [9.17, 15) is 4.79 Å². The van der Waals surface area contributed by atoms with Crippen molar-refractivity contribution in [1.29, 1.82) is 0 Å². The number of amides is 1. The summed E-state index contributed by atoms with van der Waals surface area (Å²) in [7, 11) is 0. The third-order valence-corrected chi connectivity index (χ3v) is 6.30. The number of tetrazole rings is 1. The van der Waals surface area contributed by atoms with Crippen molar-refractivity contribution in [2.24, 2.45) is 0 Å². The summed E-state index contributed by atoms with van der Waals surface area (Å²) in [6.07, 6.45) is 2.61. The number of morpholine rings is 1. The standard InChI is InChI=1S/C17H22N6O2S/c24-16(14-2-1-3-15(10-14)23-13-19-20-21-23)18-11-17(4-9-26-12-17)22-5-7-25-8-6-22/h1-3,10,13H,4-9,11-12H2,(H,18,24). The van der Waals surface area contributed by atoms with Gasteiger partial charge in [0.15, 0.2) is 0 Å². The summed E-state index contributed by atoms with van der Waals surface area (Å²) in [5.41, 5.74) is 1.42. The molecule has 1 aromatic carbocycles. The summed E-state index contributed by atoms with van der Waals surface area (Å²) in [6.45, 7) is 4.08. The molecule has 2 saturated heterocycles. The summed E-state index contributed by atoms with van der Waals surface area (Å²) in [4.78, 5) is 15.2. The molecule has 4 rings (SSSR count). The molecular weight excluding hydrogens is 352 g/mol. The second kappa shape index (κ2) is 7.73. The predicted octanol–water partition coefficient (Wildman–Crippen LogP) is 0.600. The Morgan fingerprint density at radius 1 is 1.35 bits per heavy atom. The molecule has 0 spiro atoms. The molecule has 2 aliphatic rings. The van der Waals surface area contributed by atoms with Crippen LogP contribution in [-0.2, 0) is 4.74 Å². The lowest BCUT2D eigenvalue weighted by atomic mass is 9.95. The number of ether oxygens (including phenoxy) is 1. The van der Waals surface area contributed by atoms with Gasteiger partial charge in [-0.15, -0.1) is 5.10 Å². The van der Waals surface area contributed by atoms with Gasteiger partial charge in [-0.05, 0) is 40.8 Å². The fourth-order valence-corrected chi connectivity index (χ4v) is 5.03. The molecule has 2 aromatic rings. The molecule has 3 heterocycles. The van der Waals surface area contributed by atoms with E-state index in [-0.39, 0.29) is 11.4 Å². The van der Waals surface area contributed by atoms with E-state index in [2.05, 4.69) is 25.7 Å². The highest BCUT2D eigenvalue weighted by molar-refractivity contribution is 7.99. The highest BCUT2D eigenvalue weighted by Gasteiger charge is 2.40.